The van der Waals surface area contributed by atoms with Gasteiger partial charge in [-0.3, -0.25) is 4.79 Å². The molecule has 4 fully saturated rings. The van der Waals surface area contributed by atoms with Crippen molar-refractivity contribution in [2.24, 2.45) is 62.6 Å². The summed E-state index contributed by atoms with van der Waals surface area (Å²) in [6, 6.07) is -0.0532. The molecule has 0 aromatic carbocycles. The fourth-order valence-corrected chi connectivity index (χ4v) is 12.6. The maximum atomic E-state index is 13.6. The molecule has 0 spiro atoms. The number of nitrogens with zero attached hydrogens (tertiary/aromatic N) is 4. The summed E-state index contributed by atoms with van der Waals surface area (Å²) in [6.07, 6.45) is 9.88. The van der Waals surface area contributed by atoms with Crippen LogP contribution in [-0.4, -0.2) is 76.3 Å². The molecule has 1 aliphatic heterocycles. The summed E-state index contributed by atoms with van der Waals surface area (Å²) in [7, 11) is 4.30. The van der Waals surface area contributed by atoms with Crippen molar-refractivity contribution in [3.8, 4) is 0 Å². The molecule has 3 N–H and O–H groups in total. The number of rotatable bonds is 9. The Bertz CT molecular complexity index is 1450. The topological polar surface area (TPSA) is 116 Å². The van der Waals surface area contributed by atoms with Gasteiger partial charge in [0, 0.05) is 11.0 Å². The number of nitrogen functional groups attached to an aromatic ring is 1. The van der Waals surface area contributed by atoms with Crippen LogP contribution in [0.1, 0.15) is 114 Å². The van der Waals surface area contributed by atoms with Gasteiger partial charge in [0.25, 0.3) is 0 Å². The standard InChI is InChI=1S/C40H67N5O4/c1-24(2)26(5)36(7)17-18-37(8)27-13-14-30-35(6)19-29(45-23-42-34(41)43-45)32(49-21-39(10,25(3)4)44(11)12)40(30,22-48-20-35)28(27)15-16-38(37,9)31(36)33(46)47/h15,23-27,29-32H,13-14,16-22H2,1-12H3,(H2,41,43)(H,46,47)/t26-,27+,29-,30-,31-,32+,35-,36-,37-,38+,39+,40+/m1/s1. The van der Waals surface area contributed by atoms with E-state index in [1.54, 1.807) is 6.33 Å². The normalized spacial score (nSPS) is 43.7. The summed E-state index contributed by atoms with van der Waals surface area (Å²) in [5.41, 5.74) is 6.21. The lowest BCUT2D eigenvalue weighted by Crippen LogP contribution is -2.70. The Hall–Kier alpha value is -1.97. The van der Waals surface area contributed by atoms with Gasteiger partial charge in [0.1, 0.15) is 6.33 Å². The fourth-order valence-electron chi connectivity index (χ4n) is 12.6. The van der Waals surface area contributed by atoms with Gasteiger partial charge in [0.2, 0.25) is 5.95 Å². The van der Waals surface area contributed by atoms with Gasteiger partial charge in [-0.1, -0.05) is 74.0 Å². The van der Waals surface area contributed by atoms with Crippen LogP contribution in [0.5, 0.6) is 0 Å². The van der Waals surface area contributed by atoms with Crippen LogP contribution in [-0.2, 0) is 14.3 Å². The molecule has 6 rings (SSSR count). The van der Waals surface area contributed by atoms with E-state index in [2.05, 4.69) is 99.3 Å². The molecular weight excluding hydrogens is 614 g/mol. The second-order valence-electron chi connectivity index (χ2n) is 19.4. The van der Waals surface area contributed by atoms with Crippen molar-refractivity contribution >= 4 is 11.9 Å². The number of allylic oxidation sites excluding steroid dienone is 1. The molecule has 1 aromatic heterocycles. The third-order valence-corrected chi connectivity index (χ3v) is 16.7. The summed E-state index contributed by atoms with van der Waals surface area (Å²) in [4.78, 5) is 20.3. The van der Waals surface area contributed by atoms with Gasteiger partial charge in [-0.15, -0.1) is 5.10 Å². The van der Waals surface area contributed by atoms with Gasteiger partial charge in [-0.2, -0.15) is 0 Å². The molecule has 9 heteroatoms. The Labute approximate surface area is 296 Å². The number of nitrogens with two attached hydrogens (primary N) is 1. The first kappa shape index (κ1) is 36.8. The van der Waals surface area contributed by atoms with Crippen molar-refractivity contribution in [3.63, 3.8) is 0 Å². The number of hydrogen-bond acceptors (Lipinski definition) is 7. The monoisotopic (exact) mass is 682 g/mol. The predicted molar refractivity (Wildman–Crippen MR) is 194 cm³/mol. The number of hydrogen-bond donors (Lipinski definition) is 2. The summed E-state index contributed by atoms with van der Waals surface area (Å²) in [6.45, 7) is 25.1. The Kier molecular flexibility index (Phi) is 9.05. The number of fused-ring (bicyclic) bond motifs is 3. The molecule has 5 aliphatic rings. The fraction of sp³-hybridized carbons (Fsp3) is 0.875. The molecule has 2 bridgehead atoms. The zero-order chi connectivity index (χ0) is 36.1. The van der Waals surface area contributed by atoms with Crippen molar-refractivity contribution in [3.05, 3.63) is 18.0 Å². The van der Waals surface area contributed by atoms with E-state index in [0.717, 1.165) is 38.5 Å². The predicted octanol–water partition coefficient (Wildman–Crippen LogP) is 7.35. The maximum absolute atomic E-state index is 13.6. The molecule has 9 nitrogen and oxygen atoms in total. The zero-order valence-electron chi connectivity index (χ0n) is 32.7. The maximum Gasteiger partial charge on any atom is 0.307 e. The highest BCUT2D eigenvalue weighted by Gasteiger charge is 2.72. The molecule has 0 radical (unpaired) electrons. The van der Waals surface area contributed by atoms with Gasteiger partial charge < -0.3 is 25.2 Å². The van der Waals surface area contributed by atoms with E-state index in [9.17, 15) is 9.90 Å². The minimum absolute atomic E-state index is 0.0532. The molecule has 49 heavy (non-hydrogen) atoms. The van der Waals surface area contributed by atoms with E-state index in [0.29, 0.717) is 43.5 Å². The highest BCUT2D eigenvalue weighted by Crippen LogP contribution is 2.75. The lowest BCUT2D eigenvalue weighted by atomic mass is 9.34. The first-order valence-corrected chi connectivity index (χ1v) is 19.2. The number of carboxylic acids is 1. The van der Waals surface area contributed by atoms with Crippen LogP contribution in [0.15, 0.2) is 18.0 Å². The SMILES string of the molecule is CC(C)[C@@H](C)[C@@]1(C)CC[C@]2(C)[C@H]3CC[C@@H]4[C@@]5(C)COC[C@@]4(C3=CC[C@@]2(C)[C@@H]1C(=O)O)[C@@H](OC[C@@](C)(C(C)C)N(C)C)[C@H](n1cnc(N)n1)C5. The van der Waals surface area contributed by atoms with Crippen molar-refractivity contribution < 1.29 is 19.4 Å². The third-order valence-electron chi connectivity index (χ3n) is 16.7. The lowest BCUT2D eigenvalue weighted by molar-refractivity contribution is -0.256. The lowest BCUT2D eigenvalue weighted by Gasteiger charge is -2.71. The smallest absolute Gasteiger partial charge is 0.307 e. The number of ether oxygens (including phenoxy) is 2. The Morgan fingerprint density at radius 1 is 1.12 bits per heavy atom. The molecule has 12 atom stereocenters. The number of anilines is 1. The summed E-state index contributed by atoms with van der Waals surface area (Å²) < 4.78 is 16.2. The van der Waals surface area contributed by atoms with Gasteiger partial charge in [0.15, 0.2) is 0 Å². The number of likely N-dealkylation sites (N-methyl/N-ethyl adjacent to an activating group) is 1. The average molecular weight is 682 g/mol. The van der Waals surface area contributed by atoms with Gasteiger partial charge in [-0.25, -0.2) is 9.67 Å². The van der Waals surface area contributed by atoms with Crippen molar-refractivity contribution in [1.82, 2.24) is 19.7 Å². The van der Waals surface area contributed by atoms with Gasteiger partial charge in [-0.05, 0) is 111 Å². The molecule has 1 aromatic rings. The molecule has 0 unspecified atom stereocenters. The van der Waals surface area contributed by atoms with E-state index >= 15 is 0 Å². The third kappa shape index (κ3) is 5.04. The van der Waals surface area contributed by atoms with E-state index in [1.807, 2.05) is 4.68 Å². The first-order chi connectivity index (χ1) is 22.7. The molecule has 1 saturated heterocycles. The van der Waals surface area contributed by atoms with Crippen LogP contribution in [0, 0.1) is 62.6 Å². The van der Waals surface area contributed by atoms with Crippen molar-refractivity contribution in [2.45, 2.75) is 125 Å². The van der Waals surface area contributed by atoms with E-state index < -0.39 is 11.9 Å². The van der Waals surface area contributed by atoms with E-state index in [-0.39, 0.29) is 56.6 Å². The number of aliphatic carboxylic acids is 1. The van der Waals surface area contributed by atoms with E-state index in [4.69, 9.17) is 20.3 Å². The minimum atomic E-state index is -0.625. The Morgan fingerprint density at radius 3 is 2.39 bits per heavy atom. The molecule has 3 saturated carbocycles. The van der Waals surface area contributed by atoms with Crippen molar-refractivity contribution in [2.75, 3.05) is 39.6 Å². The van der Waals surface area contributed by atoms with Crippen molar-refractivity contribution in [1.29, 1.82) is 0 Å². The van der Waals surface area contributed by atoms with Crippen LogP contribution in [0.2, 0.25) is 0 Å². The summed E-state index contributed by atoms with van der Waals surface area (Å²) in [5.74, 6) is 0.980. The highest BCUT2D eigenvalue weighted by molar-refractivity contribution is 5.73. The van der Waals surface area contributed by atoms with Crippen LogP contribution in [0.3, 0.4) is 0 Å². The average Bonchev–Trinajstić information content (AvgIpc) is 3.45. The number of carbonyl (C=O) groups is 1. The van der Waals surface area contributed by atoms with Gasteiger partial charge in [0.05, 0.1) is 37.9 Å². The van der Waals surface area contributed by atoms with Crippen LogP contribution in [0.4, 0.5) is 5.95 Å². The number of carboxylic acid groups (broad SMARTS) is 1. The molecule has 4 aliphatic carbocycles. The number of aromatic nitrogens is 3. The second kappa shape index (κ2) is 12.0. The second-order valence-corrected chi connectivity index (χ2v) is 19.4. The van der Waals surface area contributed by atoms with Crippen LogP contribution in [0.25, 0.3) is 0 Å². The quantitative estimate of drug-likeness (QED) is 0.260. The Morgan fingerprint density at radius 2 is 1.82 bits per heavy atom. The van der Waals surface area contributed by atoms with Crippen LogP contribution >= 0.6 is 0 Å². The minimum Gasteiger partial charge on any atom is -0.481 e. The largest absolute Gasteiger partial charge is 0.481 e. The first-order valence-electron chi connectivity index (χ1n) is 19.2. The van der Waals surface area contributed by atoms with Crippen LogP contribution < -0.4 is 5.73 Å². The summed E-state index contributed by atoms with van der Waals surface area (Å²) in [5, 5.41) is 15.9. The van der Waals surface area contributed by atoms with E-state index in [1.165, 1.54) is 5.57 Å². The summed E-state index contributed by atoms with van der Waals surface area (Å²) >= 11 is 0. The highest BCUT2D eigenvalue weighted by atomic mass is 16.5. The molecule has 0 amide bonds. The molecular formula is C40H67N5O4. The Balaban J connectivity index is 1.52. The molecule has 276 valence electrons. The van der Waals surface area contributed by atoms with Gasteiger partial charge >= 0.3 is 5.97 Å². The zero-order valence-corrected chi connectivity index (χ0v) is 32.7. The molecule has 2 heterocycles.